The smallest absolute Gasteiger partial charge is 0.414 e. The molecule has 0 spiro atoms. The Kier molecular flexibility index (Phi) is 2.67. The molecule has 4 heteroatoms. The summed E-state index contributed by atoms with van der Waals surface area (Å²) in [5, 5.41) is 0. The van der Waals surface area contributed by atoms with Crippen LogP contribution in [0.4, 0.5) is 0 Å². The van der Waals surface area contributed by atoms with Crippen LogP contribution < -0.4 is 9.05 Å². The van der Waals surface area contributed by atoms with Gasteiger partial charge in [-0.05, 0) is 18.6 Å². The Balaban J connectivity index is 1.97. The molecule has 1 heterocycles. The van der Waals surface area contributed by atoms with Gasteiger partial charge >= 0.3 is 8.60 Å². The summed E-state index contributed by atoms with van der Waals surface area (Å²) in [5.41, 5.74) is 0. The van der Waals surface area contributed by atoms with Gasteiger partial charge in [-0.2, -0.15) is 0 Å². The molecule has 13 heavy (non-hydrogen) atoms. The largest absolute Gasteiger partial charge is 0.463 e. The maximum Gasteiger partial charge on any atom is 0.463 e. The van der Waals surface area contributed by atoms with Gasteiger partial charge in [0, 0.05) is 0 Å². The van der Waals surface area contributed by atoms with Crippen molar-refractivity contribution in [2.75, 3.05) is 6.61 Å². The summed E-state index contributed by atoms with van der Waals surface area (Å²) in [6.45, 7) is 2.73. The molecule has 0 aliphatic carbocycles. The van der Waals surface area contributed by atoms with Crippen LogP contribution in [0.1, 0.15) is 13.3 Å². The second kappa shape index (κ2) is 3.95. The molecular formula is C9H11O3P. The highest BCUT2D eigenvalue weighted by Crippen LogP contribution is 2.52. The Morgan fingerprint density at radius 1 is 1.23 bits per heavy atom. The van der Waals surface area contributed by atoms with Gasteiger partial charge in [-0.3, -0.25) is 4.52 Å². The third-order valence-corrected chi connectivity index (χ3v) is 2.68. The van der Waals surface area contributed by atoms with Crippen molar-refractivity contribution >= 4 is 8.60 Å². The first-order valence-electron chi connectivity index (χ1n) is 4.28. The van der Waals surface area contributed by atoms with E-state index in [0.717, 1.165) is 17.9 Å². The number of para-hydroxylation sites is 2. The molecule has 0 atom stereocenters. The summed E-state index contributed by atoms with van der Waals surface area (Å²) in [4.78, 5) is 0. The van der Waals surface area contributed by atoms with Crippen molar-refractivity contribution in [2.24, 2.45) is 0 Å². The van der Waals surface area contributed by atoms with Crippen LogP contribution in [0.2, 0.25) is 0 Å². The minimum Gasteiger partial charge on any atom is -0.414 e. The van der Waals surface area contributed by atoms with Crippen molar-refractivity contribution in [3.8, 4) is 11.5 Å². The van der Waals surface area contributed by atoms with E-state index in [-0.39, 0.29) is 0 Å². The van der Waals surface area contributed by atoms with Crippen LogP contribution in [0, 0.1) is 0 Å². The highest BCUT2D eigenvalue weighted by molar-refractivity contribution is 7.43. The minimum absolute atomic E-state index is 0.680. The SMILES string of the molecule is CCCOP1Oc2ccccc2O1. The van der Waals surface area contributed by atoms with Gasteiger partial charge < -0.3 is 9.05 Å². The number of hydrogen-bond acceptors (Lipinski definition) is 3. The molecule has 0 bridgehead atoms. The maximum absolute atomic E-state index is 5.43. The van der Waals surface area contributed by atoms with E-state index in [0.29, 0.717) is 6.61 Å². The Bertz CT molecular complexity index is 265. The Morgan fingerprint density at radius 2 is 1.85 bits per heavy atom. The van der Waals surface area contributed by atoms with Gasteiger partial charge in [-0.1, -0.05) is 19.1 Å². The van der Waals surface area contributed by atoms with Crippen molar-refractivity contribution in [1.29, 1.82) is 0 Å². The molecule has 1 aromatic carbocycles. The van der Waals surface area contributed by atoms with Crippen LogP contribution in [-0.2, 0) is 4.52 Å². The van der Waals surface area contributed by atoms with Crippen LogP contribution in [0.5, 0.6) is 11.5 Å². The van der Waals surface area contributed by atoms with Crippen LogP contribution in [0.25, 0.3) is 0 Å². The van der Waals surface area contributed by atoms with Gasteiger partial charge in [0.05, 0.1) is 6.61 Å². The average molecular weight is 198 g/mol. The molecule has 1 aliphatic rings. The van der Waals surface area contributed by atoms with Crippen molar-refractivity contribution < 1.29 is 13.6 Å². The Labute approximate surface area is 78.6 Å². The average Bonchev–Trinajstić information content (AvgIpc) is 2.57. The van der Waals surface area contributed by atoms with Crippen LogP contribution in [0.3, 0.4) is 0 Å². The van der Waals surface area contributed by atoms with E-state index in [2.05, 4.69) is 6.92 Å². The van der Waals surface area contributed by atoms with Crippen molar-refractivity contribution in [1.82, 2.24) is 0 Å². The summed E-state index contributed by atoms with van der Waals surface area (Å²) in [5.74, 6) is 1.56. The summed E-state index contributed by atoms with van der Waals surface area (Å²) in [6, 6.07) is 7.60. The summed E-state index contributed by atoms with van der Waals surface area (Å²) in [7, 11) is -1.18. The van der Waals surface area contributed by atoms with Crippen LogP contribution in [0.15, 0.2) is 24.3 Å². The molecule has 0 amide bonds. The van der Waals surface area contributed by atoms with Crippen molar-refractivity contribution in [2.45, 2.75) is 13.3 Å². The van der Waals surface area contributed by atoms with E-state index >= 15 is 0 Å². The van der Waals surface area contributed by atoms with Gasteiger partial charge in [0.25, 0.3) is 0 Å². The quantitative estimate of drug-likeness (QED) is 0.698. The fourth-order valence-corrected chi connectivity index (χ4v) is 2.10. The van der Waals surface area contributed by atoms with Crippen LogP contribution >= 0.6 is 8.60 Å². The zero-order chi connectivity index (χ0) is 9.10. The minimum atomic E-state index is -1.18. The first-order chi connectivity index (χ1) is 6.40. The standard InChI is InChI=1S/C9H11O3P/c1-2-7-10-13-11-8-5-3-4-6-9(8)12-13/h3-6H,2,7H2,1H3. The highest BCUT2D eigenvalue weighted by Gasteiger charge is 2.26. The monoisotopic (exact) mass is 198 g/mol. The summed E-state index contributed by atoms with van der Waals surface area (Å²) in [6.07, 6.45) is 0.974. The fraction of sp³-hybridized carbons (Fsp3) is 0.333. The van der Waals surface area contributed by atoms with Gasteiger partial charge in [-0.15, -0.1) is 0 Å². The third kappa shape index (κ3) is 1.93. The lowest BCUT2D eigenvalue weighted by atomic mass is 10.3. The first-order valence-corrected chi connectivity index (χ1v) is 5.37. The molecule has 0 saturated heterocycles. The molecule has 1 aliphatic heterocycles. The summed E-state index contributed by atoms with van der Waals surface area (Å²) >= 11 is 0. The second-order valence-corrected chi connectivity index (χ2v) is 3.76. The molecule has 0 aromatic heterocycles. The van der Waals surface area contributed by atoms with Gasteiger partial charge in [-0.25, -0.2) is 0 Å². The number of benzene rings is 1. The van der Waals surface area contributed by atoms with E-state index in [1.165, 1.54) is 0 Å². The van der Waals surface area contributed by atoms with E-state index in [9.17, 15) is 0 Å². The van der Waals surface area contributed by atoms with Crippen molar-refractivity contribution in [3.63, 3.8) is 0 Å². The maximum atomic E-state index is 5.43. The fourth-order valence-electron chi connectivity index (χ4n) is 0.999. The van der Waals surface area contributed by atoms with Gasteiger partial charge in [0.2, 0.25) is 0 Å². The Hall–Kier alpha value is -0.790. The molecule has 2 rings (SSSR count). The van der Waals surface area contributed by atoms with E-state index in [4.69, 9.17) is 13.6 Å². The molecule has 0 saturated carbocycles. The lowest BCUT2D eigenvalue weighted by Crippen LogP contribution is -1.92. The first kappa shape index (κ1) is 8.79. The molecule has 1 aromatic rings. The van der Waals surface area contributed by atoms with E-state index in [1.54, 1.807) is 0 Å². The molecule has 0 fully saturated rings. The van der Waals surface area contributed by atoms with Gasteiger partial charge in [0.1, 0.15) is 0 Å². The molecule has 70 valence electrons. The topological polar surface area (TPSA) is 27.7 Å². The zero-order valence-electron chi connectivity index (χ0n) is 7.40. The van der Waals surface area contributed by atoms with Crippen molar-refractivity contribution in [3.05, 3.63) is 24.3 Å². The number of hydrogen-bond donors (Lipinski definition) is 0. The zero-order valence-corrected chi connectivity index (χ0v) is 8.29. The molecule has 0 unspecified atom stereocenters. The predicted molar refractivity (Wildman–Crippen MR) is 50.9 cm³/mol. The van der Waals surface area contributed by atoms with E-state index < -0.39 is 8.60 Å². The lowest BCUT2D eigenvalue weighted by molar-refractivity contribution is 0.284. The van der Waals surface area contributed by atoms with Crippen LogP contribution in [-0.4, -0.2) is 6.61 Å². The number of fused-ring (bicyclic) bond motifs is 1. The summed E-state index contributed by atoms with van der Waals surface area (Å²) < 4.78 is 16.2. The molecule has 0 N–H and O–H groups in total. The third-order valence-electron chi connectivity index (χ3n) is 1.60. The van der Waals surface area contributed by atoms with Gasteiger partial charge in [0.15, 0.2) is 11.5 Å². The molecular weight excluding hydrogens is 187 g/mol. The Morgan fingerprint density at radius 3 is 2.38 bits per heavy atom. The normalized spacial score (nSPS) is 14.8. The molecule has 3 nitrogen and oxygen atoms in total. The lowest BCUT2D eigenvalue weighted by Gasteiger charge is -2.05. The predicted octanol–water partition coefficient (Wildman–Crippen LogP) is 3.11. The second-order valence-electron chi connectivity index (χ2n) is 2.69. The molecule has 0 radical (unpaired) electrons. The number of rotatable bonds is 3. The van der Waals surface area contributed by atoms with E-state index in [1.807, 2.05) is 24.3 Å². The highest BCUT2D eigenvalue weighted by atomic mass is 31.2.